The van der Waals surface area contributed by atoms with Gasteiger partial charge < -0.3 is 5.11 Å². The van der Waals surface area contributed by atoms with Crippen molar-refractivity contribution in [2.45, 2.75) is 0 Å². The van der Waals surface area contributed by atoms with E-state index in [4.69, 9.17) is 0 Å². The Labute approximate surface area is 104 Å². The van der Waals surface area contributed by atoms with E-state index < -0.39 is 4.92 Å². The van der Waals surface area contributed by atoms with Gasteiger partial charge in [0.25, 0.3) is 5.69 Å². The van der Waals surface area contributed by atoms with Crippen molar-refractivity contribution in [2.75, 3.05) is 0 Å². The van der Waals surface area contributed by atoms with E-state index in [1.54, 1.807) is 12.2 Å². The molecule has 2 rings (SSSR count). The molecule has 0 spiro atoms. The average Bonchev–Trinajstić information content (AvgIpc) is 2.38. The Morgan fingerprint density at radius 1 is 1.06 bits per heavy atom. The second-order valence-corrected chi connectivity index (χ2v) is 3.74. The smallest absolute Gasteiger partial charge is 0.280 e. The monoisotopic (exact) mass is 241 g/mol. The normalized spacial score (nSPS) is 10.7. The molecule has 0 heterocycles. The van der Waals surface area contributed by atoms with Crippen molar-refractivity contribution < 1.29 is 10.0 Å². The Hall–Kier alpha value is -2.62. The molecule has 4 nitrogen and oxygen atoms in total. The summed E-state index contributed by atoms with van der Waals surface area (Å²) in [6, 6.07) is 13.6. The van der Waals surface area contributed by atoms with Crippen molar-refractivity contribution in [1.29, 1.82) is 0 Å². The molecule has 0 radical (unpaired) electrons. The zero-order valence-corrected chi connectivity index (χ0v) is 9.48. The minimum atomic E-state index is -0.510. The highest BCUT2D eigenvalue weighted by molar-refractivity contribution is 5.74. The number of nitrogens with zero attached hydrogens (tertiary/aromatic N) is 1. The van der Waals surface area contributed by atoms with Crippen LogP contribution in [0.15, 0.2) is 48.5 Å². The highest BCUT2D eigenvalue weighted by Crippen LogP contribution is 2.25. The van der Waals surface area contributed by atoms with Gasteiger partial charge in [-0.25, -0.2) is 0 Å². The van der Waals surface area contributed by atoms with E-state index in [0.717, 1.165) is 11.6 Å². The summed E-state index contributed by atoms with van der Waals surface area (Å²) >= 11 is 0. The fourth-order valence-corrected chi connectivity index (χ4v) is 1.58. The molecule has 4 heteroatoms. The summed E-state index contributed by atoms with van der Waals surface area (Å²) in [6.45, 7) is 0. The van der Waals surface area contributed by atoms with Crippen LogP contribution in [0.4, 0.5) is 5.69 Å². The summed E-state index contributed by atoms with van der Waals surface area (Å²) in [5.74, 6) is -0.112. The third-order valence-electron chi connectivity index (χ3n) is 2.47. The molecule has 90 valence electrons. The van der Waals surface area contributed by atoms with Gasteiger partial charge in [0.05, 0.1) is 16.6 Å². The Kier molecular flexibility index (Phi) is 3.38. The predicted octanol–water partition coefficient (Wildman–Crippen LogP) is 3.47. The number of hydrogen-bond acceptors (Lipinski definition) is 3. The van der Waals surface area contributed by atoms with E-state index in [9.17, 15) is 15.2 Å². The van der Waals surface area contributed by atoms with E-state index in [0.29, 0.717) is 5.56 Å². The maximum atomic E-state index is 10.8. The van der Waals surface area contributed by atoms with Gasteiger partial charge in [0, 0.05) is 0 Å². The fourth-order valence-electron chi connectivity index (χ4n) is 1.58. The Morgan fingerprint density at radius 3 is 2.44 bits per heavy atom. The maximum Gasteiger partial charge on any atom is 0.280 e. The molecular weight excluding hydrogens is 230 g/mol. The Balaban J connectivity index is 2.35. The van der Waals surface area contributed by atoms with Gasteiger partial charge in [0.1, 0.15) is 5.75 Å². The van der Waals surface area contributed by atoms with Gasteiger partial charge in [-0.15, -0.1) is 0 Å². The lowest BCUT2D eigenvalue weighted by atomic mass is 10.1. The second-order valence-electron chi connectivity index (χ2n) is 3.74. The third-order valence-corrected chi connectivity index (χ3v) is 2.47. The molecule has 0 saturated carbocycles. The molecule has 0 aromatic heterocycles. The van der Waals surface area contributed by atoms with Crippen molar-refractivity contribution in [2.24, 2.45) is 0 Å². The summed E-state index contributed by atoms with van der Waals surface area (Å²) in [7, 11) is 0. The lowest BCUT2D eigenvalue weighted by molar-refractivity contribution is -0.385. The summed E-state index contributed by atoms with van der Waals surface area (Å²) in [6.07, 6.45) is 3.45. The van der Waals surface area contributed by atoms with E-state index in [1.165, 1.54) is 12.1 Å². The first kappa shape index (κ1) is 11.9. The molecule has 18 heavy (non-hydrogen) atoms. The van der Waals surface area contributed by atoms with Crippen molar-refractivity contribution >= 4 is 17.8 Å². The van der Waals surface area contributed by atoms with Crippen LogP contribution in [-0.4, -0.2) is 10.0 Å². The van der Waals surface area contributed by atoms with Gasteiger partial charge in [-0.1, -0.05) is 36.4 Å². The molecule has 0 atom stereocenters. The first-order chi connectivity index (χ1) is 8.66. The quantitative estimate of drug-likeness (QED) is 0.508. The van der Waals surface area contributed by atoms with Crippen LogP contribution in [0.2, 0.25) is 0 Å². The van der Waals surface area contributed by atoms with E-state index in [-0.39, 0.29) is 11.4 Å². The first-order valence-electron chi connectivity index (χ1n) is 5.37. The van der Waals surface area contributed by atoms with Crippen LogP contribution in [0, 0.1) is 10.1 Å². The molecule has 0 aliphatic rings. The molecule has 0 saturated heterocycles. The van der Waals surface area contributed by atoms with Crippen molar-refractivity contribution in [3.63, 3.8) is 0 Å². The lowest BCUT2D eigenvalue weighted by Crippen LogP contribution is -1.90. The minimum Gasteiger partial charge on any atom is -0.508 e. The zero-order valence-electron chi connectivity index (χ0n) is 9.48. The molecule has 2 aromatic carbocycles. The van der Waals surface area contributed by atoms with Crippen LogP contribution in [0.1, 0.15) is 11.1 Å². The number of phenols is 1. The van der Waals surface area contributed by atoms with Crippen molar-refractivity contribution in [3.8, 4) is 5.75 Å². The fraction of sp³-hybridized carbons (Fsp3) is 0. The molecule has 0 aliphatic heterocycles. The van der Waals surface area contributed by atoms with Gasteiger partial charge >= 0.3 is 0 Å². The number of aromatic hydroxyl groups is 1. The largest absolute Gasteiger partial charge is 0.508 e. The molecule has 0 aliphatic carbocycles. The van der Waals surface area contributed by atoms with Crippen LogP contribution < -0.4 is 0 Å². The number of phenolic OH excluding ortho intramolecular Hbond substituents is 1. The van der Waals surface area contributed by atoms with Crippen LogP contribution >= 0.6 is 0 Å². The lowest BCUT2D eigenvalue weighted by Gasteiger charge is -1.98. The third kappa shape index (κ3) is 2.74. The minimum absolute atomic E-state index is 0.109. The Morgan fingerprint density at radius 2 is 1.78 bits per heavy atom. The molecule has 0 amide bonds. The highest BCUT2D eigenvalue weighted by Gasteiger charge is 2.11. The van der Waals surface area contributed by atoms with Gasteiger partial charge in [0.2, 0.25) is 0 Å². The first-order valence-corrected chi connectivity index (χ1v) is 5.37. The number of nitro benzene ring substituents is 1. The van der Waals surface area contributed by atoms with Crippen molar-refractivity contribution in [1.82, 2.24) is 0 Å². The topological polar surface area (TPSA) is 63.4 Å². The number of hydrogen-bond donors (Lipinski definition) is 1. The number of nitro groups is 1. The molecule has 1 N–H and O–H groups in total. The summed E-state index contributed by atoms with van der Waals surface area (Å²) in [5, 5.41) is 20.1. The van der Waals surface area contributed by atoms with Gasteiger partial charge in [0.15, 0.2) is 0 Å². The van der Waals surface area contributed by atoms with Gasteiger partial charge in [-0.05, 0) is 23.8 Å². The van der Waals surface area contributed by atoms with E-state index in [1.807, 2.05) is 30.3 Å². The molecular formula is C14H11NO3. The maximum absolute atomic E-state index is 10.8. The van der Waals surface area contributed by atoms with Crippen LogP contribution in [0.5, 0.6) is 5.75 Å². The van der Waals surface area contributed by atoms with E-state index in [2.05, 4.69) is 0 Å². The standard InChI is InChI=1S/C14H11NO3/c16-13-9-8-12(14(10-13)15(17)18)7-6-11-4-2-1-3-5-11/h1-10,16H/b7-6+. The molecule has 0 fully saturated rings. The Bertz CT molecular complexity index is 591. The van der Waals surface area contributed by atoms with Crippen LogP contribution in [0.25, 0.3) is 12.2 Å². The zero-order chi connectivity index (χ0) is 13.0. The molecule has 2 aromatic rings. The van der Waals surface area contributed by atoms with E-state index >= 15 is 0 Å². The predicted molar refractivity (Wildman–Crippen MR) is 70.1 cm³/mol. The van der Waals surface area contributed by atoms with Gasteiger partial charge in [-0.3, -0.25) is 10.1 Å². The average molecular weight is 241 g/mol. The molecule has 0 unspecified atom stereocenters. The van der Waals surface area contributed by atoms with Gasteiger partial charge in [-0.2, -0.15) is 0 Å². The van der Waals surface area contributed by atoms with Crippen LogP contribution in [-0.2, 0) is 0 Å². The number of rotatable bonds is 3. The number of benzene rings is 2. The summed E-state index contributed by atoms with van der Waals surface area (Å²) in [5.41, 5.74) is 1.31. The van der Waals surface area contributed by atoms with Crippen molar-refractivity contribution in [3.05, 3.63) is 69.8 Å². The molecule has 0 bridgehead atoms. The van der Waals surface area contributed by atoms with Crippen LogP contribution in [0.3, 0.4) is 0 Å². The highest BCUT2D eigenvalue weighted by atomic mass is 16.6. The second kappa shape index (κ2) is 5.14. The summed E-state index contributed by atoms with van der Waals surface area (Å²) in [4.78, 5) is 10.3. The SMILES string of the molecule is O=[N+]([O-])c1cc(O)ccc1/C=C/c1ccccc1. The summed E-state index contributed by atoms with van der Waals surface area (Å²) < 4.78 is 0.